The number of nitrogens with one attached hydrogen (secondary N) is 1. The summed E-state index contributed by atoms with van der Waals surface area (Å²) in [5.41, 5.74) is 0. The van der Waals surface area contributed by atoms with E-state index in [2.05, 4.69) is 17.1 Å². The number of sulfonamides is 1. The summed E-state index contributed by atoms with van der Waals surface area (Å²) in [6.07, 6.45) is 2.38. The number of hydrogen-bond acceptors (Lipinski definition) is 4. The molecule has 1 N–H and O–H groups in total. The van der Waals surface area contributed by atoms with Gasteiger partial charge < -0.3 is 5.32 Å². The van der Waals surface area contributed by atoms with Crippen LogP contribution in [0, 0.1) is 0 Å². The molecule has 1 aliphatic rings. The van der Waals surface area contributed by atoms with Gasteiger partial charge in [-0.15, -0.1) is 0 Å². The van der Waals surface area contributed by atoms with Crippen LogP contribution < -0.4 is 5.32 Å². The van der Waals surface area contributed by atoms with Crippen LogP contribution in [0.1, 0.15) is 13.3 Å². The second-order valence-corrected chi connectivity index (χ2v) is 6.30. The minimum Gasteiger partial charge on any atom is -0.318 e. The van der Waals surface area contributed by atoms with Crippen molar-refractivity contribution >= 4 is 10.0 Å². The largest absolute Gasteiger partial charge is 0.318 e. The zero-order valence-corrected chi connectivity index (χ0v) is 11.3. The minimum absolute atomic E-state index is 0.520. The zero-order chi connectivity index (χ0) is 12.2. The van der Waals surface area contributed by atoms with E-state index in [0.29, 0.717) is 19.1 Å². The molecule has 0 aliphatic carbocycles. The van der Waals surface area contributed by atoms with E-state index < -0.39 is 10.0 Å². The Morgan fingerprint density at radius 3 is 2.19 bits per heavy atom. The highest BCUT2D eigenvalue weighted by atomic mass is 32.2. The van der Waals surface area contributed by atoms with Gasteiger partial charge in [0.25, 0.3) is 0 Å². The smallest absolute Gasteiger partial charge is 0.211 e. The van der Waals surface area contributed by atoms with Crippen molar-refractivity contribution in [3.05, 3.63) is 0 Å². The van der Waals surface area contributed by atoms with Crippen LogP contribution in [0.2, 0.25) is 0 Å². The molecule has 0 aromatic heterocycles. The molecule has 0 amide bonds. The fourth-order valence-electron chi connectivity index (χ4n) is 2.17. The molecule has 6 heteroatoms. The van der Waals surface area contributed by atoms with Crippen molar-refractivity contribution in [2.75, 3.05) is 46.0 Å². The van der Waals surface area contributed by atoms with E-state index >= 15 is 0 Å². The second-order valence-electron chi connectivity index (χ2n) is 4.32. The van der Waals surface area contributed by atoms with E-state index in [0.717, 1.165) is 26.1 Å². The summed E-state index contributed by atoms with van der Waals surface area (Å²) in [4.78, 5) is 2.37. The maximum Gasteiger partial charge on any atom is 0.211 e. The monoisotopic (exact) mass is 249 g/mol. The normalized spacial score (nSPS) is 22.2. The maximum absolute atomic E-state index is 11.4. The molecule has 0 saturated carbocycles. The molecule has 0 aromatic rings. The Bertz CT molecular complexity index is 297. The summed E-state index contributed by atoms with van der Waals surface area (Å²) < 4.78 is 24.3. The van der Waals surface area contributed by atoms with Crippen LogP contribution in [0.15, 0.2) is 0 Å². The van der Waals surface area contributed by atoms with Gasteiger partial charge >= 0.3 is 0 Å². The number of rotatable bonds is 5. The lowest BCUT2D eigenvalue weighted by Gasteiger charge is -2.38. The van der Waals surface area contributed by atoms with Gasteiger partial charge in [0.05, 0.1) is 6.26 Å². The summed E-state index contributed by atoms with van der Waals surface area (Å²) in [6.45, 7) is 6.07. The molecular formula is C10H23N3O2S. The first-order valence-corrected chi connectivity index (χ1v) is 7.67. The Hall–Kier alpha value is -0.170. The standard InChI is InChI=1S/C10H23N3O2S/c1-4-10(9-11-2)12-5-7-13(8-6-12)16(3,14)15/h10-11H,4-9H2,1-3H3. The summed E-state index contributed by atoms with van der Waals surface area (Å²) in [7, 11) is -1.05. The lowest BCUT2D eigenvalue weighted by atomic mass is 10.1. The topological polar surface area (TPSA) is 52.6 Å². The molecule has 1 heterocycles. The summed E-state index contributed by atoms with van der Waals surface area (Å²) >= 11 is 0. The van der Waals surface area contributed by atoms with Crippen LogP contribution >= 0.6 is 0 Å². The third-order valence-corrected chi connectivity index (χ3v) is 4.47. The van der Waals surface area contributed by atoms with E-state index in [4.69, 9.17) is 0 Å². The highest BCUT2D eigenvalue weighted by molar-refractivity contribution is 7.88. The average Bonchev–Trinajstić information content (AvgIpc) is 2.25. The molecule has 96 valence electrons. The quantitative estimate of drug-likeness (QED) is 0.718. The lowest BCUT2D eigenvalue weighted by Crippen LogP contribution is -2.53. The highest BCUT2D eigenvalue weighted by Gasteiger charge is 2.26. The van der Waals surface area contributed by atoms with Crippen LogP contribution in [0.5, 0.6) is 0 Å². The molecular weight excluding hydrogens is 226 g/mol. The van der Waals surface area contributed by atoms with Crippen molar-refractivity contribution < 1.29 is 8.42 Å². The molecule has 16 heavy (non-hydrogen) atoms. The van der Waals surface area contributed by atoms with Crippen molar-refractivity contribution in [3.8, 4) is 0 Å². The molecule has 1 fully saturated rings. The Kier molecular flexibility index (Phi) is 5.17. The van der Waals surface area contributed by atoms with Gasteiger partial charge in [0.1, 0.15) is 0 Å². The minimum atomic E-state index is -3.00. The summed E-state index contributed by atoms with van der Waals surface area (Å²) in [5, 5.41) is 3.18. The van der Waals surface area contributed by atoms with E-state index in [1.807, 2.05) is 7.05 Å². The van der Waals surface area contributed by atoms with Crippen molar-refractivity contribution in [2.45, 2.75) is 19.4 Å². The zero-order valence-electron chi connectivity index (χ0n) is 10.4. The van der Waals surface area contributed by atoms with Crippen molar-refractivity contribution in [3.63, 3.8) is 0 Å². The van der Waals surface area contributed by atoms with E-state index in [-0.39, 0.29) is 0 Å². The van der Waals surface area contributed by atoms with Crippen molar-refractivity contribution in [2.24, 2.45) is 0 Å². The maximum atomic E-state index is 11.4. The van der Waals surface area contributed by atoms with Gasteiger partial charge in [-0.2, -0.15) is 4.31 Å². The predicted octanol–water partition coefficient (Wildman–Crippen LogP) is -0.438. The number of piperazine rings is 1. The van der Waals surface area contributed by atoms with E-state index in [1.54, 1.807) is 4.31 Å². The summed E-state index contributed by atoms with van der Waals surface area (Å²) in [5.74, 6) is 0. The van der Waals surface area contributed by atoms with E-state index in [9.17, 15) is 8.42 Å². The molecule has 1 unspecified atom stereocenters. The fraction of sp³-hybridized carbons (Fsp3) is 1.00. The number of likely N-dealkylation sites (N-methyl/N-ethyl adjacent to an activating group) is 1. The first-order valence-electron chi connectivity index (χ1n) is 5.82. The molecule has 1 rings (SSSR count). The van der Waals surface area contributed by atoms with Crippen LogP contribution in [0.25, 0.3) is 0 Å². The van der Waals surface area contributed by atoms with Crippen molar-refractivity contribution in [1.29, 1.82) is 0 Å². The molecule has 0 aromatic carbocycles. The van der Waals surface area contributed by atoms with Crippen LogP contribution in [0.4, 0.5) is 0 Å². The van der Waals surface area contributed by atoms with Crippen LogP contribution in [0.3, 0.4) is 0 Å². The third kappa shape index (κ3) is 3.69. The SMILES string of the molecule is CCC(CNC)N1CCN(S(C)(=O)=O)CC1. The van der Waals surface area contributed by atoms with Gasteiger partial charge in [0, 0.05) is 38.8 Å². The molecule has 1 saturated heterocycles. The van der Waals surface area contributed by atoms with Gasteiger partial charge in [-0.3, -0.25) is 4.90 Å². The average molecular weight is 249 g/mol. The van der Waals surface area contributed by atoms with Gasteiger partial charge in [-0.25, -0.2) is 8.42 Å². The van der Waals surface area contributed by atoms with Crippen molar-refractivity contribution in [1.82, 2.24) is 14.5 Å². The molecule has 5 nitrogen and oxygen atoms in total. The molecule has 1 atom stereocenters. The Labute approximate surface area is 98.8 Å². The first-order chi connectivity index (χ1) is 7.49. The van der Waals surface area contributed by atoms with Gasteiger partial charge in [-0.05, 0) is 13.5 Å². The third-order valence-electron chi connectivity index (χ3n) is 3.17. The predicted molar refractivity (Wildman–Crippen MR) is 66.0 cm³/mol. The van der Waals surface area contributed by atoms with Crippen LogP contribution in [-0.4, -0.2) is 69.7 Å². The van der Waals surface area contributed by atoms with Gasteiger partial charge in [0.2, 0.25) is 10.0 Å². The van der Waals surface area contributed by atoms with Gasteiger partial charge in [0.15, 0.2) is 0 Å². The van der Waals surface area contributed by atoms with E-state index in [1.165, 1.54) is 6.26 Å². The highest BCUT2D eigenvalue weighted by Crippen LogP contribution is 2.10. The molecule has 0 bridgehead atoms. The number of hydrogen-bond donors (Lipinski definition) is 1. The van der Waals surface area contributed by atoms with Gasteiger partial charge in [-0.1, -0.05) is 6.92 Å². The van der Waals surface area contributed by atoms with Crippen LogP contribution in [-0.2, 0) is 10.0 Å². The molecule has 0 radical (unpaired) electrons. The second kappa shape index (κ2) is 5.95. The Balaban J connectivity index is 2.47. The molecule has 0 spiro atoms. The number of nitrogens with zero attached hydrogens (tertiary/aromatic N) is 2. The Morgan fingerprint density at radius 2 is 1.81 bits per heavy atom. The summed E-state index contributed by atoms with van der Waals surface area (Å²) in [6, 6.07) is 0.520. The first kappa shape index (κ1) is 13.9. The fourth-order valence-corrected chi connectivity index (χ4v) is 2.99. The molecule has 1 aliphatic heterocycles. The lowest BCUT2D eigenvalue weighted by molar-refractivity contribution is 0.133. The Morgan fingerprint density at radius 1 is 1.25 bits per heavy atom.